The number of carboxylic acid groups (broad SMARTS) is 1. The second-order valence-electron chi connectivity index (χ2n) is 4.59. The second-order valence-corrected chi connectivity index (χ2v) is 4.59. The van der Waals surface area contributed by atoms with Crippen LogP contribution in [0.1, 0.15) is 29.8 Å². The highest BCUT2D eigenvalue weighted by Gasteiger charge is 2.19. The van der Waals surface area contributed by atoms with E-state index in [4.69, 9.17) is 5.11 Å². The molecule has 0 spiro atoms. The summed E-state index contributed by atoms with van der Waals surface area (Å²) in [5.74, 6) is -0.459. The maximum absolute atomic E-state index is 10.8. The summed E-state index contributed by atoms with van der Waals surface area (Å²) < 4.78 is 0. The Labute approximate surface area is 106 Å². The van der Waals surface area contributed by atoms with Gasteiger partial charge in [-0.05, 0) is 32.9 Å². The zero-order valence-electron chi connectivity index (χ0n) is 10.5. The maximum Gasteiger partial charge on any atom is 0.354 e. The lowest BCUT2D eigenvalue weighted by molar-refractivity contribution is 0.0690. The minimum absolute atomic E-state index is 0.0190. The topological polar surface area (TPSA) is 78.4 Å². The molecule has 1 atom stereocenters. The van der Waals surface area contributed by atoms with Crippen molar-refractivity contribution in [1.29, 1.82) is 0 Å². The van der Waals surface area contributed by atoms with Crippen LogP contribution >= 0.6 is 0 Å². The van der Waals surface area contributed by atoms with Gasteiger partial charge in [0.15, 0.2) is 5.69 Å². The normalized spacial score (nSPS) is 19.9. The van der Waals surface area contributed by atoms with Crippen LogP contribution in [0.5, 0.6) is 0 Å². The lowest BCUT2D eigenvalue weighted by Crippen LogP contribution is -2.27. The van der Waals surface area contributed by atoms with Gasteiger partial charge in [-0.1, -0.05) is 0 Å². The zero-order valence-corrected chi connectivity index (χ0v) is 10.5. The van der Waals surface area contributed by atoms with Gasteiger partial charge in [0.25, 0.3) is 0 Å². The third-order valence-corrected chi connectivity index (χ3v) is 3.34. The molecule has 0 saturated carbocycles. The van der Waals surface area contributed by atoms with E-state index in [0.717, 1.165) is 13.0 Å². The largest absolute Gasteiger partial charge is 0.477 e. The van der Waals surface area contributed by atoms with Crippen molar-refractivity contribution in [3.63, 3.8) is 0 Å². The summed E-state index contributed by atoms with van der Waals surface area (Å²) in [5, 5.41) is 12.0. The predicted molar refractivity (Wildman–Crippen MR) is 67.8 cm³/mol. The van der Waals surface area contributed by atoms with Crippen LogP contribution < -0.4 is 5.32 Å². The predicted octanol–water partition coefficient (Wildman–Crippen LogP) is 1.07. The second kappa shape index (κ2) is 5.77. The van der Waals surface area contributed by atoms with Crippen LogP contribution in [-0.2, 0) is 0 Å². The van der Waals surface area contributed by atoms with E-state index in [-0.39, 0.29) is 5.69 Å². The van der Waals surface area contributed by atoms with Crippen molar-refractivity contribution in [2.24, 2.45) is 0 Å². The van der Waals surface area contributed by atoms with Crippen molar-refractivity contribution in [2.45, 2.75) is 25.3 Å². The number of aromatic carboxylic acids is 1. The smallest absolute Gasteiger partial charge is 0.354 e. The number of carbonyl (C=O) groups is 1. The summed E-state index contributed by atoms with van der Waals surface area (Å²) in [6.45, 7) is 1.96. The first kappa shape index (κ1) is 12.8. The lowest BCUT2D eigenvalue weighted by Gasteiger charge is -2.19. The highest BCUT2D eigenvalue weighted by molar-refractivity contribution is 5.85. The molecule has 6 nitrogen and oxygen atoms in total. The molecule has 1 fully saturated rings. The molecule has 1 aliphatic rings. The monoisotopic (exact) mass is 250 g/mol. The fourth-order valence-corrected chi connectivity index (χ4v) is 2.28. The third-order valence-electron chi connectivity index (χ3n) is 3.34. The maximum atomic E-state index is 10.8. The quantitative estimate of drug-likeness (QED) is 0.814. The molecule has 18 heavy (non-hydrogen) atoms. The van der Waals surface area contributed by atoms with E-state index in [1.807, 2.05) is 0 Å². The van der Waals surface area contributed by atoms with E-state index in [0.29, 0.717) is 11.9 Å². The molecule has 1 aromatic heterocycles. The Kier molecular flexibility index (Phi) is 4.09. The molecule has 1 aromatic rings. The summed E-state index contributed by atoms with van der Waals surface area (Å²) >= 11 is 0. The number of carboxylic acids is 1. The molecule has 0 aliphatic carbocycles. The number of hydrogen-bond acceptors (Lipinski definition) is 5. The molecule has 1 saturated heterocycles. The Morgan fingerprint density at radius 1 is 1.61 bits per heavy atom. The Balaban J connectivity index is 1.83. The number of aromatic nitrogens is 2. The van der Waals surface area contributed by atoms with Crippen LogP contribution in [-0.4, -0.2) is 52.1 Å². The van der Waals surface area contributed by atoms with Gasteiger partial charge in [-0.3, -0.25) is 0 Å². The third kappa shape index (κ3) is 3.16. The molecule has 0 radical (unpaired) electrons. The Morgan fingerprint density at radius 3 is 3.11 bits per heavy atom. The van der Waals surface area contributed by atoms with Crippen molar-refractivity contribution in [3.05, 3.63) is 18.1 Å². The Morgan fingerprint density at radius 2 is 2.44 bits per heavy atom. The first-order valence-corrected chi connectivity index (χ1v) is 6.16. The summed E-state index contributed by atoms with van der Waals surface area (Å²) in [5.41, 5.74) is 0.0190. The van der Waals surface area contributed by atoms with Gasteiger partial charge in [-0.25, -0.2) is 14.8 Å². The standard InChI is InChI=1S/C12H18N4O2/c1-16-6-2-3-9(16)4-5-13-11-7-10(12(17)18)14-8-15-11/h7-9H,2-6H2,1H3,(H,17,18)(H,13,14,15). The molecule has 1 unspecified atom stereocenters. The number of anilines is 1. The van der Waals surface area contributed by atoms with Crippen molar-refractivity contribution in [3.8, 4) is 0 Å². The fourth-order valence-electron chi connectivity index (χ4n) is 2.28. The molecule has 0 aromatic carbocycles. The molecule has 2 N–H and O–H groups in total. The zero-order chi connectivity index (χ0) is 13.0. The number of likely N-dealkylation sites (tertiary alicyclic amines) is 1. The number of nitrogens with zero attached hydrogens (tertiary/aromatic N) is 3. The first-order chi connectivity index (χ1) is 8.66. The molecular formula is C12H18N4O2. The number of rotatable bonds is 5. The van der Waals surface area contributed by atoms with E-state index < -0.39 is 5.97 Å². The van der Waals surface area contributed by atoms with Crippen LogP contribution in [0.2, 0.25) is 0 Å². The molecule has 0 bridgehead atoms. The van der Waals surface area contributed by atoms with Crippen LogP contribution in [0, 0.1) is 0 Å². The van der Waals surface area contributed by atoms with Crippen molar-refractivity contribution in [2.75, 3.05) is 25.5 Å². The fraction of sp³-hybridized carbons (Fsp3) is 0.583. The van der Waals surface area contributed by atoms with E-state index >= 15 is 0 Å². The van der Waals surface area contributed by atoms with E-state index in [1.54, 1.807) is 0 Å². The lowest BCUT2D eigenvalue weighted by atomic mass is 10.1. The summed E-state index contributed by atoms with van der Waals surface area (Å²) in [6.07, 6.45) is 4.82. The van der Waals surface area contributed by atoms with Crippen LogP contribution in [0.3, 0.4) is 0 Å². The average Bonchev–Trinajstić information content (AvgIpc) is 2.76. The van der Waals surface area contributed by atoms with Gasteiger partial charge < -0.3 is 15.3 Å². The number of nitrogens with one attached hydrogen (secondary N) is 1. The highest BCUT2D eigenvalue weighted by atomic mass is 16.4. The van der Waals surface area contributed by atoms with Gasteiger partial charge in [-0.15, -0.1) is 0 Å². The van der Waals surface area contributed by atoms with Crippen molar-refractivity contribution in [1.82, 2.24) is 14.9 Å². The van der Waals surface area contributed by atoms with Crippen molar-refractivity contribution < 1.29 is 9.90 Å². The molecule has 98 valence electrons. The van der Waals surface area contributed by atoms with Gasteiger partial charge in [0.1, 0.15) is 12.1 Å². The van der Waals surface area contributed by atoms with Gasteiger partial charge in [0, 0.05) is 18.7 Å². The van der Waals surface area contributed by atoms with Gasteiger partial charge in [0.2, 0.25) is 0 Å². The Bertz CT molecular complexity index is 424. The van der Waals surface area contributed by atoms with Crippen molar-refractivity contribution >= 4 is 11.8 Å². The van der Waals surface area contributed by atoms with E-state index in [2.05, 4.69) is 27.2 Å². The average molecular weight is 250 g/mol. The van der Waals surface area contributed by atoms with Crippen LogP contribution in [0.25, 0.3) is 0 Å². The number of hydrogen-bond donors (Lipinski definition) is 2. The highest BCUT2D eigenvalue weighted by Crippen LogP contribution is 2.17. The molecule has 6 heteroatoms. The van der Waals surface area contributed by atoms with Crippen LogP contribution in [0.15, 0.2) is 12.4 Å². The minimum atomic E-state index is -1.03. The molecular weight excluding hydrogens is 232 g/mol. The van der Waals surface area contributed by atoms with Crippen LogP contribution in [0.4, 0.5) is 5.82 Å². The molecule has 0 amide bonds. The summed E-state index contributed by atoms with van der Waals surface area (Å²) in [7, 11) is 2.14. The summed E-state index contributed by atoms with van der Waals surface area (Å²) in [6, 6.07) is 2.08. The SMILES string of the molecule is CN1CCCC1CCNc1cc(C(=O)O)ncn1. The summed E-state index contributed by atoms with van der Waals surface area (Å²) in [4.78, 5) is 20.8. The van der Waals surface area contributed by atoms with Gasteiger partial charge >= 0.3 is 5.97 Å². The van der Waals surface area contributed by atoms with E-state index in [9.17, 15) is 4.79 Å². The van der Waals surface area contributed by atoms with Gasteiger partial charge in [0.05, 0.1) is 0 Å². The molecule has 2 heterocycles. The first-order valence-electron chi connectivity index (χ1n) is 6.16. The molecule has 1 aliphatic heterocycles. The Hall–Kier alpha value is -1.69. The van der Waals surface area contributed by atoms with Gasteiger partial charge in [-0.2, -0.15) is 0 Å². The minimum Gasteiger partial charge on any atom is -0.477 e. The molecule has 2 rings (SSSR count). The van der Waals surface area contributed by atoms with E-state index in [1.165, 1.54) is 31.8 Å².